The molecule has 0 spiro atoms. The monoisotopic (exact) mass is 290 g/mol. The molecule has 5 nitrogen and oxygen atoms in total. The summed E-state index contributed by atoms with van der Waals surface area (Å²) in [7, 11) is 3.49. The molecular weight excluding hydrogens is 272 g/mol. The van der Waals surface area contributed by atoms with Crippen LogP contribution in [0, 0.1) is 6.92 Å². The second-order valence-corrected chi connectivity index (χ2v) is 6.13. The van der Waals surface area contributed by atoms with Crippen LogP contribution in [0.2, 0.25) is 0 Å². The largest absolute Gasteiger partial charge is 0.348 e. The van der Waals surface area contributed by atoms with Crippen LogP contribution in [0.1, 0.15) is 12.5 Å². The molecule has 1 unspecified atom stereocenters. The van der Waals surface area contributed by atoms with E-state index >= 15 is 0 Å². The molecule has 1 amide bonds. The molecule has 0 radical (unpaired) electrons. The van der Waals surface area contributed by atoms with Gasteiger partial charge >= 0.3 is 0 Å². The van der Waals surface area contributed by atoms with Crippen LogP contribution in [0.4, 0.5) is 0 Å². The molecule has 0 bridgehead atoms. The third-order valence-electron chi connectivity index (χ3n) is 2.86. The molecule has 1 aromatic heterocycles. The van der Waals surface area contributed by atoms with Gasteiger partial charge < -0.3 is 4.90 Å². The van der Waals surface area contributed by atoms with Gasteiger partial charge in [-0.1, -0.05) is 41.6 Å². The maximum atomic E-state index is 11.8. The third-order valence-corrected chi connectivity index (χ3v) is 3.81. The van der Waals surface area contributed by atoms with Crippen LogP contribution in [-0.2, 0) is 4.79 Å². The van der Waals surface area contributed by atoms with E-state index in [1.807, 2.05) is 38.1 Å². The van der Waals surface area contributed by atoms with E-state index in [2.05, 4.69) is 15.2 Å². The maximum Gasteiger partial charge on any atom is 0.235 e. The topological polar surface area (TPSA) is 61.9 Å². The van der Waals surface area contributed by atoms with E-state index in [1.165, 1.54) is 17.3 Å². The van der Waals surface area contributed by atoms with Crippen LogP contribution >= 0.6 is 11.8 Å². The standard InChI is InChI=1S/C14H18N4OS/c1-9-5-7-11(8-6-9)12-15-14(17-16-12)20-10(2)13(19)18(3)4/h5-8,10H,1-4H3,(H,15,16,17). The molecule has 106 valence electrons. The summed E-state index contributed by atoms with van der Waals surface area (Å²) in [6.07, 6.45) is 0. The molecule has 1 heterocycles. The minimum atomic E-state index is -0.202. The van der Waals surface area contributed by atoms with Crippen LogP contribution < -0.4 is 0 Å². The highest BCUT2D eigenvalue weighted by molar-refractivity contribution is 8.00. The molecule has 1 aromatic carbocycles. The number of carbonyl (C=O) groups is 1. The number of hydrogen-bond acceptors (Lipinski definition) is 4. The predicted octanol–water partition coefficient (Wildman–Crippen LogP) is 2.35. The van der Waals surface area contributed by atoms with E-state index in [4.69, 9.17) is 0 Å². The fourth-order valence-electron chi connectivity index (χ4n) is 1.71. The van der Waals surface area contributed by atoms with Crippen molar-refractivity contribution in [3.05, 3.63) is 29.8 Å². The zero-order valence-electron chi connectivity index (χ0n) is 12.0. The summed E-state index contributed by atoms with van der Waals surface area (Å²) in [6, 6.07) is 8.06. The second-order valence-electron chi connectivity index (χ2n) is 4.83. The number of rotatable bonds is 4. The Balaban J connectivity index is 2.09. The summed E-state index contributed by atoms with van der Waals surface area (Å²) in [6.45, 7) is 3.90. The Morgan fingerprint density at radius 3 is 2.55 bits per heavy atom. The smallest absolute Gasteiger partial charge is 0.235 e. The molecule has 1 N–H and O–H groups in total. The maximum absolute atomic E-state index is 11.8. The summed E-state index contributed by atoms with van der Waals surface area (Å²) in [5.41, 5.74) is 2.19. The highest BCUT2D eigenvalue weighted by Crippen LogP contribution is 2.23. The second kappa shape index (κ2) is 6.09. The first kappa shape index (κ1) is 14.6. The van der Waals surface area contributed by atoms with Crippen molar-refractivity contribution in [1.29, 1.82) is 0 Å². The van der Waals surface area contributed by atoms with Gasteiger partial charge in [-0.05, 0) is 13.8 Å². The van der Waals surface area contributed by atoms with Gasteiger partial charge in [-0.3, -0.25) is 9.89 Å². The average Bonchev–Trinajstić information content (AvgIpc) is 2.87. The summed E-state index contributed by atoms with van der Waals surface area (Å²) >= 11 is 1.35. The lowest BCUT2D eigenvalue weighted by atomic mass is 10.1. The van der Waals surface area contributed by atoms with Gasteiger partial charge in [-0.25, -0.2) is 4.98 Å². The van der Waals surface area contributed by atoms with Crippen LogP contribution in [0.25, 0.3) is 11.4 Å². The van der Waals surface area contributed by atoms with Crippen molar-refractivity contribution in [2.24, 2.45) is 0 Å². The SMILES string of the molecule is Cc1ccc(-c2nc(SC(C)C(=O)N(C)C)n[nH]2)cc1. The molecule has 2 aromatic rings. The molecule has 0 aliphatic carbocycles. The zero-order valence-corrected chi connectivity index (χ0v) is 12.9. The zero-order chi connectivity index (χ0) is 14.7. The Morgan fingerprint density at radius 2 is 1.95 bits per heavy atom. The Morgan fingerprint density at radius 1 is 1.30 bits per heavy atom. The van der Waals surface area contributed by atoms with E-state index in [0.717, 1.165) is 11.4 Å². The molecule has 6 heteroatoms. The predicted molar refractivity (Wildman–Crippen MR) is 80.6 cm³/mol. The van der Waals surface area contributed by atoms with Gasteiger partial charge in [0, 0.05) is 19.7 Å². The van der Waals surface area contributed by atoms with Gasteiger partial charge in [0.05, 0.1) is 5.25 Å². The molecule has 1 atom stereocenters. The number of aryl methyl sites for hydroxylation is 1. The molecule has 0 aliphatic rings. The number of nitrogens with one attached hydrogen (secondary N) is 1. The quantitative estimate of drug-likeness (QED) is 0.878. The Hall–Kier alpha value is -1.82. The highest BCUT2D eigenvalue weighted by atomic mass is 32.2. The number of amides is 1. The van der Waals surface area contributed by atoms with Gasteiger partial charge in [0.15, 0.2) is 5.82 Å². The Labute approximate surface area is 122 Å². The molecule has 0 fully saturated rings. The average molecular weight is 290 g/mol. The lowest BCUT2D eigenvalue weighted by molar-refractivity contribution is -0.127. The summed E-state index contributed by atoms with van der Waals surface area (Å²) in [5, 5.41) is 7.45. The lowest BCUT2D eigenvalue weighted by Crippen LogP contribution is -2.29. The molecule has 2 rings (SSSR count). The number of aromatic amines is 1. The molecule has 0 saturated heterocycles. The number of H-pyrrole nitrogens is 1. The van der Waals surface area contributed by atoms with Crippen molar-refractivity contribution in [1.82, 2.24) is 20.1 Å². The van der Waals surface area contributed by atoms with Crippen LogP contribution in [0.3, 0.4) is 0 Å². The van der Waals surface area contributed by atoms with Crippen molar-refractivity contribution < 1.29 is 4.79 Å². The summed E-state index contributed by atoms with van der Waals surface area (Å²) in [4.78, 5) is 17.8. The number of thioether (sulfide) groups is 1. The third kappa shape index (κ3) is 3.39. The number of benzene rings is 1. The molecular formula is C14H18N4OS. The van der Waals surface area contributed by atoms with Crippen molar-refractivity contribution in [3.63, 3.8) is 0 Å². The van der Waals surface area contributed by atoms with Crippen LogP contribution in [0.5, 0.6) is 0 Å². The van der Waals surface area contributed by atoms with Gasteiger partial charge in [-0.15, -0.1) is 5.10 Å². The van der Waals surface area contributed by atoms with Gasteiger partial charge in [0.1, 0.15) is 0 Å². The van der Waals surface area contributed by atoms with Gasteiger partial charge in [0.25, 0.3) is 0 Å². The normalized spacial score (nSPS) is 12.2. The minimum absolute atomic E-state index is 0.0525. The minimum Gasteiger partial charge on any atom is -0.348 e. The Kier molecular flexibility index (Phi) is 4.44. The molecule has 0 saturated carbocycles. The van der Waals surface area contributed by atoms with E-state index in [1.54, 1.807) is 19.0 Å². The summed E-state index contributed by atoms with van der Waals surface area (Å²) < 4.78 is 0. The van der Waals surface area contributed by atoms with Crippen molar-refractivity contribution in [2.45, 2.75) is 24.3 Å². The fourth-order valence-corrected chi connectivity index (χ4v) is 2.58. The van der Waals surface area contributed by atoms with Gasteiger partial charge in [0.2, 0.25) is 11.1 Å². The van der Waals surface area contributed by atoms with Crippen LogP contribution in [-0.4, -0.2) is 45.3 Å². The van der Waals surface area contributed by atoms with E-state index in [0.29, 0.717) is 5.16 Å². The number of carbonyl (C=O) groups excluding carboxylic acids is 1. The van der Waals surface area contributed by atoms with E-state index in [-0.39, 0.29) is 11.2 Å². The van der Waals surface area contributed by atoms with Crippen molar-refractivity contribution in [3.8, 4) is 11.4 Å². The Bertz CT molecular complexity index is 591. The van der Waals surface area contributed by atoms with Crippen molar-refractivity contribution in [2.75, 3.05) is 14.1 Å². The molecule has 20 heavy (non-hydrogen) atoms. The number of hydrogen-bond donors (Lipinski definition) is 1. The van der Waals surface area contributed by atoms with Gasteiger partial charge in [-0.2, -0.15) is 0 Å². The van der Waals surface area contributed by atoms with E-state index < -0.39 is 0 Å². The molecule has 0 aliphatic heterocycles. The first-order valence-corrected chi connectivity index (χ1v) is 7.22. The summed E-state index contributed by atoms with van der Waals surface area (Å²) in [5.74, 6) is 0.772. The number of nitrogens with zero attached hydrogens (tertiary/aromatic N) is 3. The lowest BCUT2D eigenvalue weighted by Gasteiger charge is -2.14. The first-order valence-electron chi connectivity index (χ1n) is 6.34. The highest BCUT2D eigenvalue weighted by Gasteiger charge is 2.18. The number of aromatic nitrogens is 3. The first-order chi connectivity index (χ1) is 9.47. The van der Waals surface area contributed by atoms with Crippen molar-refractivity contribution >= 4 is 17.7 Å². The van der Waals surface area contributed by atoms with E-state index in [9.17, 15) is 4.79 Å². The fraction of sp³-hybridized carbons (Fsp3) is 0.357. The van der Waals surface area contributed by atoms with Crippen LogP contribution in [0.15, 0.2) is 29.4 Å².